The van der Waals surface area contributed by atoms with Crippen LogP contribution in [0.3, 0.4) is 0 Å². The van der Waals surface area contributed by atoms with Crippen LogP contribution in [0.4, 0.5) is 11.4 Å². The summed E-state index contributed by atoms with van der Waals surface area (Å²) in [5.41, 5.74) is 2.30. The Hall–Kier alpha value is -4.44. The van der Waals surface area contributed by atoms with E-state index in [0.29, 0.717) is 28.4 Å². The first-order valence-electron chi connectivity index (χ1n) is 12.3. The van der Waals surface area contributed by atoms with Crippen molar-refractivity contribution in [1.29, 1.82) is 0 Å². The van der Waals surface area contributed by atoms with Crippen LogP contribution in [-0.4, -0.2) is 54.7 Å². The largest absolute Gasteiger partial charge is 0.493 e. The molecule has 1 fully saturated rings. The molecule has 9 nitrogen and oxygen atoms in total. The zero-order valence-electron chi connectivity index (χ0n) is 21.9. The van der Waals surface area contributed by atoms with Gasteiger partial charge in [0, 0.05) is 12.2 Å². The van der Waals surface area contributed by atoms with E-state index in [-0.39, 0.29) is 36.5 Å². The SMILES string of the molecule is CCOC(=O)c1ccc(N2C(=O)C(CC(=O)Nc3ccccc3)N(Cc3ccc(OC)c(OC)c3)C2=S)cc1. The van der Waals surface area contributed by atoms with Crippen molar-refractivity contribution in [2.24, 2.45) is 0 Å². The van der Waals surface area contributed by atoms with Crippen molar-refractivity contribution in [2.45, 2.75) is 25.9 Å². The molecule has 0 bridgehead atoms. The lowest BCUT2D eigenvalue weighted by atomic mass is 10.1. The third-order valence-electron chi connectivity index (χ3n) is 6.19. The molecule has 3 aromatic rings. The minimum Gasteiger partial charge on any atom is -0.493 e. The van der Waals surface area contributed by atoms with Gasteiger partial charge in [-0.1, -0.05) is 24.3 Å². The number of nitrogens with one attached hydrogen (secondary N) is 1. The fourth-order valence-electron chi connectivity index (χ4n) is 4.30. The zero-order chi connectivity index (χ0) is 27.9. The van der Waals surface area contributed by atoms with Crippen LogP contribution >= 0.6 is 12.2 Å². The van der Waals surface area contributed by atoms with Crippen molar-refractivity contribution in [3.63, 3.8) is 0 Å². The molecule has 202 valence electrons. The van der Waals surface area contributed by atoms with Crippen LogP contribution in [0.1, 0.15) is 29.3 Å². The predicted octanol–water partition coefficient (Wildman–Crippen LogP) is 4.41. The molecule has 1 N–H and O–H groups in total. The van der Waals surface area contributed by atoms with Crippen LogP contribution in [-0.2, 0) is 20.9 Å². The number of methoxy groups -OCH3 is 2. The minimum atomic E-state index is -0.848. The maximum Gasteiger partial charge on any atom is 0.338 e. The molecule has 10 heteroatoms. The van der Waals surface area contributed by atoms with Crippen molar-refractivity contribution in [1.82, 2.24) is 4.90 Å². The van der Waals surface area contributed by atoms with E-state index in [1.807, 2.05) is 30.3 Å². The normalized spacial score (nSPS) is 14.8. The van der Waals surface area contributed by atoms with Gasteiger partial charge in [0.15, 0.2) is 16.6 Å². The number of thiocarbonyl (C=S) groups is 1. The fraction of sp³-hybridized carbons (Fsp3) is 0.241. The molecule has 39 heavy (non-hydrogen) atoms. The second-order valence-electron chi connectivity index (χ2n) is 8.67. The molecule has 1 aliphatic rings. The molecule has 1 heterocycles. The van der Waals surface area contributed by atoms with E-state index in [9.17, 15) is 14.4 Å². The van der Waals surface area contributed by atoms with Crippen molar-refractivity contribution < 1.29 is 28.6 Å². The Labute approximate surface area is 232 Å². The highest BCUT2D eigenvalue weighted by molar-refractivity contribution is 7.80. The van der Waals surface area contributed by atoms with Crippen molar-refractivity contribution >= 4 is 46.5 Å². The molecule has 0 spiro atoms. The molecule has 1 saturated heterocycles. The molecule has 3 aromatic carbocycles. The van der Waals surface area contributed by atoms with Crippen LogP contribution in [0.15, 0.2) is 72.8 Å². The molecular formula is C29H29N3O6S. The summed E-state index contributed by atoms with van der Waals surface area (Å²) in [5, 5.41) is 3.09. The van der Waals surface area contributed by atoms with Gasteiger partial charge in [-0.2, -0.15) is 0 Å². The molecule has 0 aliphatic carbocycles. The number of nitrogens with zero attached hydrogens (tertiary/aromatic N) is 2. The van der Waals surface area contributed by atoms with Crippen molar-refractivity contribution in [3.05, 3.63) is 83.9 Å². The summed E-state index contributed by atoms with van der Waals surface area (Å²) in [6, 6.07) is 20.1. The first-order chi connectivity index (χ1) is 18.9. The summed E-state index contributed by atoms with van der Waals surface area (Å²) >= 11 is 5.77. The number of ether oxygens (including phenoxy) is 3. The highest BCUT2D eigenvalue weighted by atomic mass is 32.1. The molecule has 1 aliphatic heterocycles. The fourth-order valence-corrected chi connectivity index (χ4v) is 4.68. The summed E-state index contributed by atoms with van der Waals surface area (Å²) in [6.45, 7) is 2.24. The van der Waals surface area contributed by atoms with Gasteiger partial charge in [-0.05, 0) is 73.2 Å². The standard InChI is InChI=1S/C29H29N3O6S/c1-4-38-28(35)20-11-13-22(14-12-20)32-27(34)23(17-26(33)30-21-8-6-5-7-9-21)31(29(32)39)18-19-10-15-24(36-2)25(16-19)37-3/h5-16,23H,4,17-18H2,1-3H3,(H,30,33). The van der Waals surface area contributed by atoms with Crippen LogP contribution in [0.25, 0.3) is 0 Å². The lowest BCUT2D eigenvalue weighted by molar-refractivity contribution is -0.124. The lowest BCUT2D eigenvalue weighted by Gasteiger charge is -2.24. The number of carbonyl (C=O) groups excluding carboxylic acids is 3. The Morgan fingerprint density at radius 3 is 2.28 bits per heavy atom. The number of hydrogen-bond acceptors (Lipinski definition) is 7. The number of para-hydroxylation sites is 1. The molecule has 1 atom stereocenters. The number of carbonyl (C=O) groups is 3. The maximum atomic E-state index is 13.7. The maximum absolute atomic E-state index is 13.7. The van der Waals surface area contributed by atoms with Crippen LogP contribution in [0.2, 0.25) is 0 Å². The lowest BCUT2D eigenvalue weighted by Crippen LogP contribution is -2.37. The quantitative estimate of drug-likeness (QED) is 0.295. The summed E-state index contributed by atoms with van der Waals surface area (Å²) in [5.74, 6) is -0.00342. The average Bonchev–Trinajstić information content (AvgIpc) is 3.17. The van der Waals surface area contributed by atoms with Gasteiger partial charge in [-0.15, -0.1) is 0 Å². The van der Waals surface area contributed by atoms with Crippen molar-refractivity contribution in [2.75, 3.05) is 31.0 Å². The number of anilines is 2. The van der Waals surface area contributed by atoms with Gasteiger partial charge in [0.25, 0.3) is 5.91 Å². The van der Waals surface area contributed by atoms with Crippen molar-refractivity contribution in [3.8, 4) is 11.5 Å². The second kappa shape index (κ2) is 12.4. The second-order valence-corrected chi connectivity index (χ2v) is 9.04. The summed E-state index contributed by atoms with van der Waals surface area (Å²) < 4.78 is 15.8. The van der Waals surface area contributed by atoms with Crippen LogP contribution in [0.5, 0.6) is 11.5 Å². The monoisotopic (exact) mass is 547 g/mol. The van der Waals surface area contributed by atoms with E-state index < -0.39 is 12.0 Å². The van der Waals surface area contributed by atoms with Gasteiger partial charge >= 0.3 is 5.97 Å². The third kappa shape index (κ3) is 6.18. The summed E-state index contributed by atoms with van der Waals surface area (Å²) in [4.78, 5) is 41.9. The number of amides is 2. The van der Waals surface area contributed by atoms with E-state index in [0.717, 1.165) is 5.56 Å². The Kier molecular flexibility index (Phi) is 8.77. The third-order valence-corrected chi connectivity index (χ3v) is 6.61. The van der Waals surface area contributed by atoms with E-state index in [1.165, 1.54) is 4.90 Å². The molecule has 0 saturated carbocycles. The Morgan fingerprint density at radius 1 is 0.949 bits per heavy atom. The highest BCUT2D eigenvalue weighted by Crippen LogP contribution is 2.32. The molecule has 1 unspecified atom stereocenters. The zero-order valence-corrected chi connectivity index (χ0v) is 22.7. The van der Waals surface area contributed by atoms with E-state index >= 15 is 0 Å². The Morgan fingerprint density at radius 2 is 1.64 bits per heavy atom. The van der Waals surface area contributed by atoms with Gasteiger partial charge < -0.3 is 24.4 Å². The first kappa shape index (κ1) is 27.6. The van der Waals surface area contributed by atoms with Gasteiger partial charge in [0.05, 0.1) is 38.5 Å². The van der Waals surface area contributed by atoms with E-state index in [4.69, 9.17) is 26.4 Å². The number of benzene rings is 3. The summed E-state index contributed by atoms with van der Waals surface area (Å²) in [6.07, 6.45) is -0.113. The van der Waals surface area contributed by atoms with Crippen LogP contribution < -0.4 is 19.7 Å². The first-order valence-corrected chi connectivity index (χ1v) is 12.7. The minimum absolute atomic E-state index is 0.113. The van der Waals surface area contributed by atoms with Crippen LogP contribution in [0, 0.1) is 0 Å². The van der Waals surface area contributed by atoms with Gasteiger partial charge in [0.1, 0.15) is 6.04 Å². The Balaban J connectivity index is 1.63. The van der Waals surface area contributed by atoms with Gasteiger partial charge in [-0.25, -0.2) is 4.79 Å². The van der Waals surface area contributed by atoms with Gasteiger partial charge in [0.2, 0.25) is 5.91 Å². The number of hydrogen-bond donors (Lipinski definition) is 1. The summed E-state index contributed by atoms with van der Waals surface area (Å²) in [7, 11) is 3.10. The topological polar surface area (TPSA) is 97.4 Å². The average molecular weight is 548 g/mol. The van der Waals surface area contributed by atoms with Gasteiger partial charge in [-0.3, -0.25) is 14.5 Å². The molecule has 2 amide bonds. The van der Waals surface area contributed by atoms with E-state index in [1.54, 1.807) is 68.5 Å². The number of rotatable bonds is 10. The predicted molar refractivity (Wildman–Crippen MR) is 151 cm³/mol. The smallest absolute Gasteiger partial charge is 0.338 e. The molecule has 0 radical (unpaired) electrons. The molecular weight excluding hydrogens is 518 g/mol. The Bertz CT molecular complexity index is 1360. The highest BCUT2D eigenvalue weighted by Gasteiger charge is 2.44. The van der Waals surface area contributed by atoms with E-state index in [2.05, 4.69) is 5.32 Å². The molecule has 4 rings (SSSR count). The molecule has 0 aromatic heterocycles. The number of esters is 1.